The molecule has 2 aromatic carbocycles. The van der Waals surface area contributed by atoms with E-state index in [0.29, 0.717) is 28.6 Å². The molecule has 1 aliphatic heterocycles. The smallest absolute Gasteiger partial charge is 0.264 e. The number of nitrogens with one attached hydrogen (secondary N) is 1. The van der Waals surface area contributed by atoms with Crippen LogP contribution in [0.3, 0.4) is 0 Å². The molecule has 1 saturated heterocycles. The molecular weight excluding hydrogens is 422 g/mol. The minimum atomic E-state index is -3.82. The summed E-state index contributed by atoms with van der Waals surface area (Å²) >= 11 is 0. The van der Waals surface area contributed by atoms with E-state index in [1.54, 1.807) is 48.7 Å². The lowest BCUT2D eigenvalue weighted by molar-refractivity contribution is 0.0681. The summed E-state index contributed by atoms with van der Waals surface area (Å²) in [5.41, 5.74) is 1.40. The number of piperidine rings is 1. The molecule has 1 aliphatic rings. The number of para-hydroxylation sites is 1. The zero-order valence-corrected chi connectivity index (χ0v) is 19.3. The number of hydrogen-bond donors (Lipinski definition) is 1. The molecule has 1 amide bonds. The maximum Gasteiger partial charge on any atom is 0.264 e. The molecule has 2 heterocycles. The number of carbonyl (C=O) groups is 1. The van der Waals surface area contributed by atoms with Crippen molar-refractivity contribution < 1.29 is 13.2 Å². The molecule has 0 saturated carbocycles. The Balaban J connectivity index is 1.44. The molecule has 1 aromatic heterocycles. The predicted octanol–water partition coefficient (Wildman–Crippen LogP) is 4.93. The molecule has 0 unspecified atom stereocenters. The predicted molar refractivity (Wildman–Crippen MR) is 127 cm³/mol. The minimum Gasteiger partial charge on any atom is -0.339 e. The number of fused-ring (bicyclic) bond motifs is 1. The molecule has 0 bridgehead atoms. The molecule has 1 N–H and O–H groups in total. The maximum atomic E-state index is 13.0. The number of likely N-dealkylation sites (tertiary alicyclic amines) is 1. The summed E-state index contributed by atoms with van der Waals surface area (Å²) in [4.78, 5) is 19.1. The van der Waals surface area contributed by atoms with Gasteiger partial charge in [0, 0.05) is 35.9 Å². The zero-order valence-electron chi connectivity index (χ0n) is 18.5. The number of anilines is 1. The Kier molecular flexibility index (Phi) is 6.46. The number of amides is 1. The van der Waals surface area contributed by atoms with Gasteiger partial charge in [-0.15, -0.1) is 0 Å². The molecule has 0 atom stereocenters. The van der Waals surface area contributed by atoms with E-state index in [-0.39, 0.29) is 10.8 Å². The summed E-state index contributed by atoms with van der Waals surface area (Å²) in [6, 6.07) is 15.3. The van der Waals surface area contributed by atoms with Crippen LogP contribution in [0.15, 0.2) is 65.7 Å². The highest BCUT2D eigenvalue weighted by atomic mass is 32.2. The second-order valence-electron chi connectivity index (χ2n) is 8.88. The first-order chi connectivity index (χ1) is 15.3. The Hall–Kier alpha value is -2.93. The molecule has 1 fully saturated rings. The normalized spacial score (nSPS) is 15.3. The fourth-order valence-corrected chi connectivity index (χ4v) is 5.64. The van der Waals surface area contributed by atoms with Gasteiger partial charge in [-0.1, -0.05) is 32.0 Å². The van der Waals surface area contributed by atoms with Gasteiger partial charge in [0.1, 0.15) is 4.90 Å². The third-order valence-corrected chi connectivity index (χ3v) is 7.39. The van der Waals surface area contributed by atoms with Gasteiger partial charge in [0.05, 0.1) is 5.52 Å². The monoisotopic (exact) mass is 451 g/mol. The number of pyridine rings is 1. The fraction of sp³-hybridized carbons (Fsp3) is 0.360. The molecule has 4 rings (SSSR count). The highest BCUT2D eigenvalue weighted by molar-refractivity contribution is 7.93. The van der Waals surface area contributed by atoms with E-state index in [9.17, 15) is 13.2 Å². The minimum absolute atomic E-state index is 0.000609. The second kappa shape index (κ2) is 9.28. The standard InChI is InChI=1S/C25H29N3O3S/c1-18(2)17-19-12-15-28(16-13-19)25(29)21-8-10-22(11-9-21)27-32(30,31)23-7-3-5-20-6-4-14-26-24(20)23/h3-11,14,18-19,27H,12-13,15-17H2,1-2H3. The summed E-state index contributed by atoms with van der Waals surface area (Å²) < 4.78 is 28.5. The van der Waals surface area contributed by atoms with Crippen molar-refractivity contribution in [2.75, 3.05) is 17.8 Å². The van der Waals surface area contributed by atoms with Crippen molar-refractivity contribution in [1.82, 2.24) is 9.88 Å². The van der Waals surface area contributed by atoms with E-state index in [2.05, 4.69) is 23.6 Å². The average molecular weight is 452 g/mol. The van der Waals surface area contributed by atoms with Crippen LogP contribution in [-0.2, 0) is 10.0 Å². The Morgan fingerprint density at radius 1 is 1.06 bits per heavy atom. The number of sulfonamides is 1. The quantitative estimate of drug-likeness (QED) is 0.576. The number of benzene rings is 2. The van der Waals surface area contributed by atoms with E-state index in [1.165, 1.54) is 6.42 Å². The highest BCUT2D eigenvalue weighted by Crippen LogP contribution is 2.26. The number of hydrogen-bond acceptors (Lipinski definition) is 4. The third-order valence-electron chi connectivity index (χ3n) is 5.98. The van der Waals surface area contributed by atoms with Crippen molar-refractivity contribution in [3.8, 4) is 0 Å². The first-order valence-electron chi connectivity index (χ1n) is 11.1. The average Bonchev–Trinajstić information content (AvgIpc) is 2.78. The first kappa shape index (κ1) is 22.3. The van der Waals surface area contributed by atoms with E-state index >= 15 is 0 Å². The van der Waals surface area contributed by atoms with Crippen LogP contribution >= 0.6 is 0 Å². The van der Waals surface area contributed by atoms with Crippen LogP contribution in [-0.4, -0.2) is 37.3 Å². The molecule has 0 aliphatic carbocycles. The lowest BCUT2D eigenvalue weighted by Crippen LogP contribution is -2.38. The Morgan fingerprint density at radius 3 is 2.44 bits per heavy atom. The molecule has 32 heavy (non-hydrogen) atoms. The molecule has 0 spiro atoms. The number of aromatic nitrogens is 1. The summed E-state index contributed by atoms with van der Waals surface area (Å²) in [6.07, 6.45) is 4.87. The van der Waals surface area contributed by atoms with Crippen LogP contribution < -0.4 is 4.72 Å². The first-order valence-corrected chi connectivity index (χ1v) is 12.6. The van der Waals surface area contributed by atoms with Crippen molar-refractivity contribution in [2.45, 2.75) is 38.0 Å². The van der Waals surface area contributed by atoms with Gasteiger partial charge in [0.15, 0.2) is 0 Å². The Bertz CT molecular complexity index is 1190. The Morgan fingerprint density at radius 2 is 1.75 bits per heavy atom. The van der Waals surface area contributed by atoms with Crippen LogP contribution in [0.2, 0.25) is 0 Å². The van der Waals surface area contributed by atoms with Gasteiger partial charge in [-0.3, -0.25) is 14.5 Å². The summed E-state index contributed by atoms with van der Waals surface area (Å²) in [5, 5.41) is 0.758. The van der Waals surface area contributed by atoms with Gasteiger partial charge in [-0.05, 0) is 67.5 Å². The van der Waals surface area contributed by atoms with Gasteiger partial charge in [0.25, 0.3) is 15.9 Å². The van der Waals surface area contributed by atoms with Crippen LogP contribution in [0.1, 0.15) is 43.5 Å². The van der Waals surface area contributed by atoms with E-state index in [1.807, 2.05) is 17.0 Å². The lowest BCUT2D eigenvalue weighted by Gasteiger charge is -2.32. The van der Waals surface area contributed by atoms with Crippen molar-refractivity contribution >= 4 is 32.5 Å². The van der Waals surface area contributed by atoms with Gasteiger partial charge in [-0.2, -0.15) is 0 Å². The van der Waals surface area contributed by atoms with Crippen molar-refractivity contribution in [3.63, 3.8) is 0 Å². The summed E-state index contributed by atoms with van der Waals surface area (Å²) in [6.45, 7) is 6.03. The van der Waals surface area contributed by atoms with Gasteiger partial charge in [0.2, 0.25) is 0 Å². The van der Waals surface area contributed by atoms with E-state index in [0.717, 1.165) is 31.3 Å². The fourth-order valence-electron chi connectivity index (χ4n) is 4.41. The number of rotatable bonds is 6. The molecule has 168 valence electrons. The largest absolute Gasteiger partial charge is 0.339 e. The van der Waals surface area contributed by atoms with Crippen LogP contribution in [0.25, 0.3) is 10.9 Å². The molecule has 7 heteroatoms. The van der Waals surface area contributed by atoms with Crippen molar-refractivity contribution in [3.05, 3.63) is 66.4 Å². The third kappa shape index (κ3) is 4.93. The second-order valence-corrected chi connectivity index (χ2v) is 10.5. The van der Waals surface area contributed by atoms with Crippen LogP contribution in [0, 0.1) is 11.8 Å². The molecule has 3 aromatic rings. The SMILES string of the molecule is CC(C)CC1CCN(C(=O)c2ccc(NS(=O)(=O)c3cccc4cccnc34)cc2)CC1. The Labute approximate surface area is 189 Å². The topological polar surface area (TPSA) is 79.4 Å². The molecule has 0 radical (unpaired) electrons. The highest BCUT2D eigenvalue weighted by Gasteiger charge is 2.24. The summed E-state index contributed by atoms with van der Waals surface area (Å²) in [5.74, 6) is 1.38. The molecule has 6 nitrogen and oxygen atoms in total. The zero-order chi connectivity index (χ0) is 22.7. The number of carbonyl (C=O) groups excluding carboxylic acids is 1. The van der Waals surface area contributed by atoms with E-state index in [4.69, 9.17) is 0 Å². The van der Waals surface area contributed by atoms with Crippen molar-refractivity contribution in [1.29, 1.82) is 0 Å². The van der Waals surface area contributed by atoms with Gasteiger partial charge < -0.3 is 4.90 Å². The molecular formula is C25H29N3O3S. The van der Waals surface area contributed by atoms with Crippen molar-refractivity contribution in [2.24, 2.45) is 11.8 Å². The van der Waals surface area contributed by atoms with Gasteiger partial charge >= 0.3 is 0 Å². The van der Waals surface area contributed by atoms with Crippen LogP contribution in [0.4, 0.5) is 5.69 Å². The number of nitrogens with zero attached hydrogens (tertiary/aromatic N) is 2. The van der Waals surface area contributed by atoms with Gasteiger partial charge in [-0.25, -0.2) is 8.42 Å². The van der Waals surface area contributed by atoms with Crippen LogP contribution in [0.5, 0.6) is 0 Å². The van der Waals surface area contributed by atoms with E-state index < -0.39 is 10.0 Å². The lowest BCUT2D eigenvalue weighted by atomic mass is 9.88. The maximum absolute atomic E-state index is 13.0. The summed E-state index contributed by atoms with van der Waals surface area (Å²) in [7, 11) is -3.82.